The first-order chi connectivity index (χ1) is 7.02. The molecule has 0 radical (unpaired) electrons. The molecule has 0 aromatic rings. The van der Waals surface area contributed by atoms with Crippen molar-refractivity contribution < 1.29 is 51.0 Å². The van der Waals surface area contributed by atoms with Crippen molar-refractivity contribution in [1.29, 1.82) is 0 Å². The molecule has 0 nitrogen and oxygen atoms in total. The van der Waals surface area contributed by atoms with Gasteiger partial charge in [0, 0.05) is 0 Å². The smallest absolute Gasteiger partial charge is 1.00 e. The SMILES string of the molecule is C=C1[C-]=CC=C1.CC1=[C-]C(C)C(C)=C1C.[Cl-].[Cl-].[Zr+4]. The molecule has 0 aliphatic heterocycles. The van der Waals surface area contributed by atoms with Crippen LogP contribution >= 0.6 is 0 Å². The minimum absolute atomic E-state index is 0. The Hall–Kier alpha value is 0.163. The van der Waals surface area contributed by atoms with Crippen molar-refractivity contribution in [3.05, 3.63) is 59.3 Å². The molecule has 2 aliphatic carbocycles. The van der Waals surface area contributed by atoms with E-state index in [9.17, 15) is 0 Å². The molecule has 0 heterocycles. The third-order valence-corrected chi connectivity index (χ3v) is 2.90. The van der Waals surface area contributed by atoms with E-state index in [1.807, 2.05) is 18.2 Å². The number of allylic oxidation sites excluding steroid dienone is 9. The second-order valence-corrected chi connectivity index (χ2v) is 3.99. The summed E-state index contributed by atoms with van der Waals surface area (Å²) >= 11 is 0. The van der Waals surface area contributed by atoms with E-state index in [2.05, 4.69) is 46.4 Å². The molecule has 0 N–H and O–H groups in total. The summed E-state index contributed by atoms with van der Waals surface area (Å²) < 4.78 is 0. The Bertz CT molecular complexity index is 373. The summed E-state index contributed by atoms with van der Waals surface area (Å²) in [6.07, 6.45) is 11.9. The number of hydrogen-bond donors (Lipinski definition) is 0. The number of halogens is 2. The quantitative estimate of drug-likeness (QED) is 0.447. The predicted octanol–water partition coefficient (Wildman–Crippen LogP) is -1.80. The van der Waals surface area contributed by atoms with E-state index in [0.717, 1.165) is 5.57 Å². The van der Waals surface area contributed by atoms with Gasteiger partial charge in [-0.25, -0.2) is 5.57 Å². The molecule has 96 valence electrons. The van der Waals surface area contributed by atoms with Crippen molar-refractivity contribution in [2.75, 3.05) is 0 Å². The largest absolute Gasteiger partial charge is 4.00 e. The topological polar surface area (TPSA) is 0 Å². The van der Waals surface area contributed by atoms with Crippen LogP contribution in [-0.2, 0) is 26.2 Å². The third-order valence-electron chi connectivity index (χ3n) is 2.90. The Labute approximate surface area is 143 Å². The van der Waals surface area contributed by atoms with Gasteiger partial charge in [-0.05, 0) is 0 Å². The fraction of sp³-hybridized carbons (Fsp3) is 0.333. The molecule has 1 atom stereocenters. The van der Waals surface area contributed by atoms with E-state index in [-0.39, 0.29) is 51.0 Å². The molecule has 18 heavy (non-hydrogen) atoms. The van der Waals surface area contributed by atoms with Gasteiger partial charge in [0.15, 0.2) is 0 Å². The molecule has 1 unspecified atom stereocenters. The summed E-state index contributed by atoms with van der Waals surface area (Å²) in [4.78, 5) is 0. The van der Waals surface area contributed by atoms with Crippen LogP contribution in [0.15, 0.2) is 47.1 Å². The molecule has 0 amide bonds. The van der Waals surface area contributed by atoms with Gasteiger partial charge in [0.1, 0.15) is 0 Å². The summed E-state index contributed by atoms with van der Waals surface area (Å²) in [7, 11) is 0. The van der Waals surface area contributed by atoms with Gasteiger partial charge >= 0.3 is 26.2 Å². The predicted molar refractivity (Wildman–Crippen MR) is 66.1 cm³/mol. The van der Waals surface area contributed by atoms with E-state index in [4.69, 9.17) is 0 Å². The van der Waals surface area contributed by atoms with Crippen LogP contribution in [0.3, 0.4) is 0 Å². The van der Waals surface area contributed by atoms with Gasteiger partial charge < -0.3 is 24.8 Å². The molecular weight excluding hydrogens is 342 g/mol. The maximum absolute atomic E-state index is 3.62. The van der Waals surface area contributed by atoms with Crippen LogP contribution in [0.4, 0.5) is 0 Å². The monoisotopic (exact) mass is 358 g/mol. The molecule has 0 fully saturated rings. The third kappa shape index (κ3) is 6.93. The number of rotatable bonds is 0. The van der Waals surface area contributed by atoms with Gasteiger partial charge in [-0.2, -0.15) is 41.5 Å². The molecule has 0 aromatic heterocycles. The second-order valence-electron chi connectivity index (χ2n) is 3.99. The second kappa shape index (κ2) is 11.0. The summed E-state index contributed by atoms with van der Waals surface area (Å²) in [5.41, 5.74) is 5.21. The summed E-state index contributed by atoms with van der Waals surface area (Å²) in [6.45, 7) is 12.3. The van der Waals surface area contributed by atoms with Gasteiger partial charge in [-0.15, -0.1) is 13.0 Å². The van der Waals surface area contributed by atoms with Gasteiger partial charge in [0.2, 0.25) is 0 Å². The fourth-order valence-corrected chi connectivity index (χ4v) is 1.53. The van der Waals surface area contributed by atoms with Crippen LogP contribution < -0.4 is 24.8 Å². The van der Waals surface area contributed by atoms with Gasteiger partial charge in [0.05, 0.1) is 0 Å². The first kappa shape index (κ1) is 23.3. The van der Waals surface area contributed by atoms with Crippen molar-refractivity contribution in [1.82, 2.24) is 0 Å². The first-order valence-corrected chi connectivity index (χ1v) is 5.25. The Kier molecular flexibility index (Phi) is 14.3. The van der Waals surface area contributed by atoms with Crippen LogP contribution in [0.1, 0.15) is 27.7 Å². The Balaban J connectivity index is -0.000000225. The first-order valence-electron chi connectivity index (χ1n) is 5.25. The fourth-order valence-electron chi connectivity index (χ4n) is 1.53. The molecule has 0 spiro atoms. The average Bonchev–Trinajstić information content (AvgIpc) is 2.73. The molecular formula is C15H18Cl2Zr. The molecule has 3 heteroatoms. The molecule has 2 aliphatic rings. The Morgan fingerprint density at radius 3 is 1.83 bits per heavy atom. The van der Waals surface area contributed by atoms with E-state index in [1.165, 1.54) is 16.7 Å². The van der Waals surface area contributed by atoms with Gasteiger partial charge in [0.25, 0.3) is 0 Å². The van der Waals surface area contributed by atoms with Crippen LogP contribution in [-0.4, -0.2) is 0 Å². The van der Waals surface area contributed by atoms with Crippen molar-refractivity contribution in [2.45, 2.75) is 27.7 Å². The van der Waals surface area contributed by atoms with Crippen LogP contribution in [0, 0.1) is 18.1 Å². The zero-order valence-corrected chi connectivity index (χ0v) is 15.2. The minimum atomic E-state index is 0. The van der Waals surface area contributed by atoms with Crippen molar-refractivity contribution in [3.8, 4) is 0 Å². The van der Waals surface area contributed by atoms with Crippen molar-refractivity contribution in [2.24, 2.45) is 5.92 Å². The van der Waals surface area contributed by atoms with Crippen LogP contribution in [0.5, 0.6) is 0 Å². The minimum Gasteiger partial charge on any atom is -1.00 e. The molecule has 0 aromatic carbocycles. The summed E-state index contributed by atoms with van der Waals surface area (Å²) in [5, 5.41) is 0. The zero-order chi connectivity index (χ0) is 11.4. The Morgan fingerprint density at radius 1 is 1.17 bits per heavy atom. The molecule has 2 rings (SSSR count). The van der Waals surface area contributed by atoms with Crippen LogP contribution in [0.2, 0.25) is 0 Å². The zero-order valence-electron chi connectivity index (χ0n) is 11.3. The van der Waals surface area contributed by atoms with Crippen LogP contribution in [0.25, 0.3) is 0 Å². The van der Waals surface area contributed by atoms with Crippen molar-refractivity contribution >= 4 is 0 Å². The maximum atomic E-state index is 3.62. The summed E-state index contributed by atoms with van der Waals surface area (Å²) in [6, 6.07) is 0. The van der Waals surface area contributed by atoms with E-state index in [0.29, 0.717) is 5.92 Å². The van der Waals surface area contributed by atoms with Gasteiger partial charge in [-0.3, -0.25) is 6.08 Å². The average molecular weight is 360 g/mol. The Morgan fingerprint density at radius 2 is 1.72 bits per heavy atom. The van der Waals surface area contributed by atoms with E-state index < -0.39 is 0 Å². The van der Waals surface area contributed by atoms with E-state index in [1.54, 1.807) is 0 Å². The molecule has 0 saturated carbocycles. The van der Waals surface area contributed by atoms with Gasteiger partial charge in [-0.1, -0.05) is 26.7 Å². The van der Waals surface area contributed by atoms with E-state index >= 15 is 0 Å². The maximum Gasteiger partial charge on any atom is 4.00 e. The normalized spacial score (nSPS) is 19.2. The standard InChI is InChI=1S/C9H13.C6H5.2ClH.Zr/c1-6-5-7(2)9(4)8(6)3;1-6-4-2-3-5-6;;;/h6H,1-4H3;2-4H,1H2;2*1H;/q2*-1;;;+4/p-2. The molecule has 0 saturated heterocycles. The summed E-state index contributed by atoms with van der Waals surface area (Å²) in [5.74, 6) is 0.560. The number of hydrogen-bond acceptors (Lipinski definition) is 0. The van der Waals surface area contributed by atoms with Crippen molar-refractivity contribution in [3.63, 3.8) is 0 Å². The molecule has 0 bridgehead atoms.